The molecule has 0 spiro atoms. The summed E-state index contributed by atoms with van der Waals surface area (Å²) in [6, 6.07) is 2.77. The molecule has 1 unspecified atom stereocenters. The number of rotatable bonds is 3. The first-order valence-corrected chi connectivity index (χ1v) is 5.38. The molecule has 0 saturated heterocycles. The Hall–Kier alpha value is -0.900. The quantitative estimate of drug-likeness (QED) is 0.920. The van der Waals surface area contributed by atoms with Crippen LogP contribution in [0.1, 0.15) is 18.1 Å². The van der Waals surface area contributed by atoms with Gasteiger partial charge in [-0.1, -0.05) is 22.9 Å². The first-order chi connectivity index (χ1) is 6.91. The summed E-state index contributed by atoms with van der Waals surface area (Å²) in [6.07, 6.45) is 0.345. The molecule has 0 aliphatic carbocycles. The maximum atomic E-state index is 13.1. The van der Waals surface area contributed by atoms with E-state index in [1.54, 1.807) is 6.92 Å². The Morgan fingerprint density at radius 3 is 2.73 bits per heavy atom. The molecule has 1 aromatic rings. The number of halogens is 2. The van der Waals surface area contributed by atoms with Crippen molar-refractivity contribution in [1.29, 1.82) is 0 Å². The highest BCUT2D eigenvalue weighted by atomic mass is 79.9. The molecule has 82 valence electrons. The van der Waals surface area contributed by atoms with Crippen LogP contribution in [0.2, 0.25) is 0 Å². The topological polar surface area (TPSA) is 37.3 Å². The van der Waals surface area contributed by atoms with Crippen molar-refractivity contribution in [3.8, 4) is 0 Å². The van der Waals surface area contributed by atoms with E-state index < -0.39 is 11.9 Å². The number of carbonyl (C=O) groups is 1. The number of aliphatic carboxylic acids is 1. The van der Waals surface area contributed by atoms with Gasteiger partial charge in [-0.25, -0.2) is 4.39 Å². The van der Waals surface area contributed by atoms with Crippen molar-refractivity contribution in [3.63, 3.8) is 0 Å². The second-order valence-corrected chi connectivity index (χ2v) is 4.47. The van der Waals surface area contributed by atoms with E-state index in [4.69, 9.17) is 5.11 Å². The Balaban J connectivity index is 2.99. The van der Waals surface area contributed by atoms with Crippen LogP contribution >= 0.6 is 15.9 Å². The van der Waals surface area contributed by atoms with E-state index in [-0.39, 0.29) is 5.82 Å². The molecule has 1 atom stereocenters. The van der Waals surface area contributed by atoms with Crippen LogP contribution in [-0.4, -0.2) is 11.1 Å². The van der Waals surface area contributed by atoms with E-state index in [2.05, 4.69) is 15.9 Å². The molecular formula is C11H12BrFO2. The Labute approximate surface area is 96.2 Å². The molecule has 0 bridgehead atoms. The minimum absolute atomic E-state index is 0.345. The monoisotopic (exact) mass is 274 g/mol. The summed E-state index contributed by atoms with van der Waals surface area (Å²) in [5, 5.41) is 8.77. The van der Waals surface area contributed by atoms with E-state index in [0.29, 0.717) is 10.9 Å². The summed E-state index contributed by atoms with van der Waals surface area (Å²) in [4.78, 5) is 10.7. The standard InChI is InChI=1S/C11H12BrFO2/c1-6(11(14)15)3-8-4-9(13)5-10(12)7(8)2/h4-6H,3H2,1-2H3,(H,14,15). The molecule has 4 heteroatoms. The number of hydrogen-bond donors (Lipinski definition) is 1. The fourth-order valence-electron chi connectivity index (χ4n) is 1.33. The molecule has 0 aliphatic heterocycles. The van der Waals surface area contributed by atoms with Gasteiger partial charge in [-0.15, -0.1) is 0 Å². The van der Waals surface area contributed by atoms with Gasteiger partial charge < -0.3 is 5.11 Å². The van der Waals surface area contributed by atoms with Crippen molar-refractivity contribution < 1.29 is 14.3 Å². The maximum absolute atomic E-state index is 13.1. The van der Waals surface area contributed by atoms with E-state index in [0.717, 1.165) is 11.1 Å². The van der Waals surface area contributed by atoms with Gasteiger partial charge in [0.25, 0.3) is 0 Å². The molecule has 0 amide bonds. The lowest BCUT2D eigenvalue weighted by atomic mass is 9.97. The third-order valence-corrected chi connectivity index (χ3v) is 3.19. The van der Waals surface area contributed by atoms with Crippen LogP contribution < -0.4 is 0 Å². The van der Waals surface area contributed by atoms with Crippen molar-refractivity contribution in [2.24, 2.45) is 5.92 Å². The normalized spacial score (nSPS) is 12.5. The minimum atomic E-state index is -0.866. The van der Waals surface area contributed by atoms with Crippen LogP contribution in [0.3, 0.4) is 0 Å². The fraction of sp³-hybridized carbons (Fsp3) is 0.364. The average molecular weight is 275 g/mol. The minimum Gasteiger partial charge on any atom is -0.481 e. The van der Waals surface area contributed by atoms with Crippen LogP contribution in [0.4, 0.5) is 4.39 Å². The van der Waals surface area contributed by atoms with E-state index in [1.807, 2.05) is 6.92 Å². The van der Waals surface area contributed by atoms with Crippen LogP contribution in [0, 0.1) is 18.7 Å². The van der Waals surface area contributed by atoms with Gasteiger partial charge in [-0.05, 0) is 36.6 Å². The van der Waals surface area contributed by atoms with Crippen molar-refractivity contribution in [1.82, 2.24) is 0 Å². The Morgan fingerprint density at radius 2 is 2.20 bits per heavy atom. The van der Waals surface area contributed by atoms with Gasteiger partial charge in [-0.2, -0.15) is 0 Å². The Bertz CT molecular complexity index is 390. The van der Waals surface area contributed by atoms with Crippen LogP contribution in [0.5, 0.6) is 0 Å². The zero-order valence-corrected chi connectivity index (χ0v) is 10.1. The summed E-state index contributed by atoms with van der Waals surface area (Å²) >= 11 is 3.24. The summed E-state index contributed by atoms with van der Waals surface area (Å²) in [6.45, 7) is 3.45. The van der Waals surface area contributed by atoms with Crippen molar-refractivity contribution in [2.75, 3.05) is 0 Å². The van der Waals surface area contributed by atoms with Gasteiger partial charge in [0.05, 0.1) is 5.92 Å². The zero-order valence-electron chi connectivity index (χ0n) is 8.55. The molecule has 0 radical (unpaired) electrons. The van der Waals surface area contributed by atoms with Gasteiger partial charge in [-0.3, -0.25) is 4.79 Å². The highest BCUT2D eigenvalue weighted by molar-refractivity contribution is 9.10. The van der Waals surface area contributed by atoms with Crippen LogP contribution in [0.25, 0.3) is 0 Å². The lowest BCUT2D eigenvalue weighted by Crippen LogP contribution is -2.13. The molecule has 0 aliphatic rings. The van der Waals surface area contributed by atoms with Gasteiger partial charge in [0.2, 0.25) is 0 Å². The Kier molecular flexibility index (Phi) is 3.85. The molecule has 0 aromatic heterocycles. The highest BCUT2D eigenvalue weighted by Gasteiger charge is 2.14. The largest absolute Gasteiger partial charge is 0.481 e. The molecule has 0 saturated carbocycles. The summed E-state index contributed by atoms with van der Waals surface area (Å²) in [5.41, 5.74) is 1.63. The summed E-state index contributed by atoms with van der Waals surface area (Å²) < 4.78 is 13.8. The zero-order chi connectivity index (χ0) is 11.6. The van der Waals surface area contributed by atoms with Crippen molar-refractivity contribution in [3.05, 3.63) is 33.5 Å². The van der Waals surface area contributed by atoms with Gasteiger partial charge >= 0.3 is 5.97 Å². The maximum Gasteiger partial charge on any atom is 0.306 e. The van der Waals surface area contributed by atoms with E-state index in [9.17, 15) is 9.18 Å². The predicted molar refractivity (Wildman–Crippen MR) is 59.3 cm³/mol. The first kappa shape index (κ1) is 12.2. The second-order valence-electron chi connectivity index (χ2n) is 3.62. The highest BCUT2D eigenvalue weighted by Crippen LogP contribution is 2.23. The van der Waals surface area contributed by atoms with Gasteiger partial charge in [0, 0.05) is 4.47 Å². The third-order valence-electron chi connectivity index (χ3n) is 2.36. The number of carboxylic acid groups (broad SMARTS) is 1. The summed E-state index contributed by atoms with van der Waals surface area (Å²) in [7, 11) is 0. The number of carboxylic acids is 1. The van der Waals surface area contributed by atoms with Gasteiger partial charge in [0.15, 0.2) is 0 Å². The fourth-order valence-corrected chi connectivity index (χ4v) is 1.80. The van der Waals surface area contributed by atoms with E-state index >= 15 is 0 Å². The predicted octanol–water partition coefficient (Wildman–Crippen LogP) is 3.16. The summed E-state index contributed by atoms with van der Waals surface area (Å²) in [5.74, 6) is -1.72. The number of benzene rings is 1. The Morgan fingerprint density at radius 1 is 1.60 bits per heavy atom. The SMILES string of the molecule is Cc1c(Br)cc(F)cc1CC(C)C(=O)O. The van der Waals surface area contributed by atoms with Crippen molar-refractivity contribution in [2.45, 2.75) is 20.3 Å². The van der Waals surface area contributed by atoms with Crippen LogP contribution in [-0.2, 0) is 11.2 Å². The number of hydrogen-bond acceptors (Lipinski definition) is 1. The molecule has 1 rings (SSSR count). The smallest absolute Gasteiger partial charge is 0.306 e. The average Bonchev–Trinajstić information content (AvgIpc) is 2.13. The third kappa shape index (κ3) is 3.02. The van der Waals surface area contributed by atoms with Gasteiger partial charge in [0.1, 0.15) is 5.82 Å². The molecule has 1 aromatic carbocycles. The molecule has 15 heavy (non-hydrogen) atoms. The lowest BCUT2D eigenvalue weighted by molar-refractivity contribution is -0.141. The molecule has 2 nitrogen and oxygen atoms in total. The molecule has 0 fully saturated rings. The van der Waals surface area contributed by atoms with E-state index in [1.165, 1.54) is 12.1 Å². The second kappa shape index (κ2) is 4.75. The lowest BCUT2D eigenvalue weighted by Gasteiger charge is -2.10. The molecule has 1 N–H and O–H groups in total. The van der Waals surface area contributed by atoms with Crippen LogP contribution in [0.15, 0.2) is 16.6 Å². The molecular weight excluding hydrogens is 263 g/mol. The first-order valence-electron chi connectivity index (χ1n) is 4.59. The molecule has 0 heterocycles. The van der Waals surface area contributed by atoms with Crippen molar-refractivity contribution >= 4 is 21.9 Å².